The molecule has 0 aliphatic heterocycles. The van der Waals surface area contributed by atoms with E-state index in [0.717, 1.165) is 27.6 Å². The molecule has 2 N–H and O–H groups in total. The van der Waals surface area contributed by atoms with E-state index in [1.807, 2.05) is 79.7 Å². The Morgan fingerprint density at radius 1 is 0.917 bits per heavy atom. The van der Waals surface area contributed by atoms with Gasteiger partial charge in [-0.2, -0.15) is 0 Å². The van der Waals surface area contributed by atoms with E-state index in [2.05, 4.69) is 10.3 Å². The van der Waals surface area contributed by atoms with Crippen molar-refractivity contribution in [3.8, 4) is 11.5 Å². The Labute approximate surface area is 210 Å². The molecule has 4 rings (SSSR count). The number of carbonyl (C=O) groups excluding carboxylic acids is 1. The first-order valence-corrected chi connectivity index (χ1v) is 11.9. The van der Waals surface area contributed by atoms with Crippen LogP contribution in [0.5, 0.6) is 11.5 Å². The van der Waals surface area contributed by atoms with E-state index >= 15 is 0 Å². The third-order valence-electron chi connectivity index (χ3n) is 6.22. The van der Waals surface area contributed by atoms with Crippen LogP contribution in [-0.2, 0) is 19.5 Å². The average Bonchev–Trinajstić information content (AvgIpc) is 2.90. The van der Waals surface area contributed by atoms with Crippen molar-refractivity contribution in [2.24, 2.45) is 0 Å². The SMILES string of the molecule is COc1ccc(CCN(Cc2cc3cccc(C)c3[nH]c2=O)C(=O)NCc2ccccc2)cc1OC. The summed E-state index contributed by atoms with van der Waals surface area (Å²) in [6.07, 6.45) is 0.587. The van der Waals surface area contributed by atoms with E-state index in [-0.39, 0.29) is 18.1 Å². The number of carbonyl (C=O) groups is 1. The Hall–Kier alpha value is -4.26. The number of nitrogens with zero attached hydrogens (tertiary/aromatic N) is 1. The third kappa shape index (κ3) is 5.86. The molecule has 0 spiro atoms. The van der Waals surface area contributed by atoms with Gasteiger partial charge in [0.1, 0.15) is 0 Å². The zero-order chi connectivity index (χ0) is 25.5. The molecule has 3 aromatic carbocycles. The predicted molar refractivity (Wildman–Crippen MR) is 142 cm³/mol. The Kier molecular flexibility index (Phi) is 7.90. The van der Waals surface area contributed by atoms with Crippen molar-refractivity contribution in [2.45, 2.75) is 26.4 Å². The van der Waals surface area contributed by atoms with E-state index in [0.29, 0.717) is 36.6 Å². The van der Waals surface area contributed by atoms with Gasteiger partial charge in [-0.25, -0.2) is 4.79 Å². The largest absolute Gasteiger partial charge is 0.493 e. The van der Waals surface area contributed by atoms with E-state index in [9.17, 15) is 9.59 Å². The molecule has 0 unspecified atom stereocenters. The van der Waals surface area contributed by atoms with Crippen LogP contribution < -0.4 is 20.3 Å². The molecule has 0 atom stereocenters. The minimum absolute atomic E-state index is 0.188. The van der Waals surface area contributed by atoms with Crippen LogP contribution >= 0.6 is 0 Å². The first-order chi connectivity index (χ1) is 17.5. The van der Waals surface area contributed by atoms with Crippen molar-refractivity contribution in [2.75, 3.05) is 20.8 Å². The van der Waals surface area contributed by atoms with E-state index in [1.54, 1.807) is 19.1 Å². The van der Waals surface area contributed by atoms with Crippen LogP contribution in [0.15, 0.2) is 77.6 Å². The maximum absolute atomic E-state index is 13.3. The lowest BCUT2D eigenvalue weighted by atomic mass is 10.1. The van der Waals surface area contributed by atoms with Crippen molar-refractivity contribution in [1.29, 1.82) is 0 Å². The van der Waals surface area contributed by atoms with Crippen LogP contribution in [-0.4, -0.2) is 36.7 Å². The number of aromatic nitrogens is 1. The highest BCUT2D eigenvalue weighted by atomic mass is 16.5. The number of aryl methyl sites for hydroxylation is 1. The molecule has 1 heterocycles. The maximum Gasteiger partial charge on any atom is 0.317 e. The lowest BCUT2D eigenvalue weighted by molar-refractivity contribution is 0.195. The van der Waals surface area contributed by atoms with Crippen LogP contribution in [0.3, 0.4) is 0 Å². The van der Waals surface area contributed by atoms with Gasteiger partial charge in [-0.15, -0.1) is 0 Å². The van der Waals surface area contributed by atoms with Crippen molar-refractivity contribution in [3.05, 3.63) is 105 Å². The van der Waals surface area contributed by atoms with Crippen molar-refractivity contribution in [3.63, 3.8) is 0 Å². The van der Waals surface area contributed by atoms with Crippen LogP contribution in [0, 0.1) is 6.92 Å². The normalized spacial score (nSPS) is 10.8. The highest BCUT2D eigenvalue weighted by Gasteiger charge is 2.17. The molecule has 4 aromatic rings. The fourth-order valence-corrected chi connectivity index (χ4v) is 4.19. The quantitative estimate of drug-likeness (QED) is 0.356. The summed E-state index contributed by atoms with van der Waals surface area (Å²) in [7, 11) is 3.19. The van der Waals surface area contributed by atoms with Crippen molar-refractivity contribution < 1.29 is 14.3 Å². The number of hydrogen-bond acceptors (Lipinski definition) is 4. The minimum Gasteiger partial charge on any atom is -0.493 e. The lowest BCUT2D eigenvalue weighted by Crippen LogP contribution is -2.41. The van der Waals surface area contributed by atoms with Gasteiger partial charge in [-0.1, -0.05) is 54.6 Å². The summed E-state index contributed by atoms with van der Waals surface area (Å²) in [6.45, 7) is 2.97. The summed E-state index contributed by atoms with van der Waals surface area (Å²) in [5, 5.41) is 3.93. The van der Waals surface area contributed by atoms with Gasteiger partial charge in [0.2, 0.25) is 0 Å². The molecule has 186 valence electrons. The number of amides is 2. The van der Waals surface area contributed by atoms with Gasteiger partial charge in [-0.3, -0.25) is 4.79 Å². The Bertz CT molecular complexity index is 1400. The third-order valence-corrected chi connectivity index (χ3v) is 6.22. The molecular formula is C29H31N3O4. The van der Waals surface area contributed by atoms with Gasteiger partial charge in [0.05, 0.1) is 26.3 Å². The maximum atomic E-state index is 13.3. The molecule has 0 radical (unpaired) electrons. The van der Waals surface area contributed by atoms with E-state index in [4.69, 9.17) is 9.47 Å². The number of pyridine rings is 1. The molecule has 0 aliphatic rings. The van der Waals surface area contributed by atoms with Gasteiger partial charge >= 0.3 is 6.03 Å². The Morgan fingerprint density at radius 3 is 2.44 bits per heavy atom. The van der Waals surface area contributed by atoms with Crippen LogP contribution in [0.25, 0.3) is 10.9 Å². The van der Waals surface area contributed by atoms with Crippen molar-refractivity contribution >= 4 is 16.9 Å². The molecule has 7 nitrogen and oxygen atoms in total. The standard InChI is InChI=1S/C29H31N3O4/c1-20-8-7-11-23-17-24(28(33)31-27(20)23)19-32(29(34)30-18-22-9-5-4-6-10-22)15-14-21-12-13-25(35-2)26(16-21)36-3/h4-13,16-17H,14-15,18-19H2,1-3H3,(H,30,34)(H,31,33). The number of ether oxygens (including phenoxy) is 2. The molecule has 0 fully saturated rings. The first-order valence-electron chi connectivity index (χ1n) is 11.9. The van der Waals surface area contributed by atoms with Crippen molar-refractivity contribution in [1.82, 2.24) is 15.2 Å². The summed E-state index contributed by atoms with van der Waals surface area (Å²) < 4.78 is 10.7. The molecule has 0 saturated carbocycles. The minimum atomic E-state index is -0.233. The molecule has 0 aliphatic carbocycles. The highest BCUT2D eigenvalue weighted by Crippen LogP contribution is 2.27. The molecule has 0 saturated heterocycles. The number of H-pyrrole nitrogens is 1. The van der Waals surface area contributed by atoms with Gasteiger partial charge in [0.25, 0.3) is 5.56 Å². The number of methoxy groups -OCH3 is 2. The molecule has 0 bridgehead atoms. The number of rotatable bonds is 9. The summed E-state index contributed by atoms with van der Waals surface area (Å²) in [6, 6.07) is 23.0. The second kappa shape index (κ2) is 11.4. The fourth-order valence-electron chi connectivity index (χ4n) is 4.19. The number of para-hydroxylation sites is 1. The second-order valence-corrected chi connectivity index (χ2v) is 8.67. The number of aromatic amines is 1. The van der Waals surface area contributed by atoms with Gasteiger partial charge in [-0.05, 0) is 53.6 Å². The van der Waals surface area contributed by atoms with Crippen LogP contribution in [0.4, 0.5) is 4.79 Å². The number of urea groups is 1. The first kappa shape index (κ1) is 24.9. The number of hydrogen-bond donors (Lipinski definition) is 2. The fraction of sp³-hybridized carbons (Fsp3) is 0.241. The van der Waals surface area contributed by atoms with Crippen LogP contribution in [0.1, 0.15) is 22.3 Å². The number of fused-ring (bicyclic) bond motifs is 1. The number of nitrogens with one attached hydrogen (secondary N) is 2. The monoisotopic (exact) mass is 485 g/mol. The topological polar surface area (TPSA) is 83.7 Å². The molecular weight excluding hydrogens is 454 g/mol. The van der Waals surface area contributed by atoms with E-state index < -0.39 is 0 Å². The Balaban J connectivity index is 1.56. The summed E-state index contributed by atoms with van der Waals surface area (Å²) in [4.78, 5) is 30.8. The van der Waals surface area contributed by atoms with Gasteiger partial charge in [0.15, 0.2) is 11.5 Å². The molecule has 1 aromatic heterocycles. The lowest BCUT2D eigenvalue weighted by Gasteiger charge is -2.23. The molecule has 36 heavy (non-hydrogen) atoms. The zero-order valence-electron chi connectivity index (χ0n) is 20.8. The zero-order valence-corrected chi connectivity index (χ0v) is 20.8. The summed E-state index contributed by atoms with van der Waals surface area (Å²) in [5.41, 5.74) is 4.17. The molecule has 7 heteroatoms. The predicted octanol–water partition coefficient (Wildman–Crippen LogP) is 4.81. The number of benzene rings is 3. The molecule has 2 amide bonds. The highest BCUT2D eigenvalue weighted by molar-refractivity contribution is 5.82. The summed E-state index contributed by atoms with van der Waals surface area (Å²) >= 11 is 0. The second-order valence-electron chi connectivity index (χ2n) is 8.67. The van der Waals surface area contributed by atoms with Gasteiger partial charge in [0, 0.05) is 18.7 Å². The average molecular weight is 486 g/mol. The van der Waals surface area contributed by atoms with Gasteiger partial charge < -0.3 is 24.7 Å². The van der Waals surface area contributed by atoms with Crippen LogP contribution in [0.2, 0.25) is 0 Å². The smallest absolute Gasteiger partial charge is 0.317 e. The summed E-state index contributed by atoms with van der Waals surface area (Å²) in [5.74, 6) is 1.29. The Morgan fingerprint density at radius 2 is 1.69 bits per heavy atom. The van der Waals surface area contributed by atoms with E-state index in [1.165, 1.54) is 0 Å².